The van der Waals surface area contributed by atoms with Crippen LogP contribution in [0.1, 0.15) is 50.3 Å². The molecule has 1 heterocycles. The van der Waals surface area contributed by atoms with E-state index in [2.05, 4.69) is 0 Å². The van der Waals surface area contributed by atoms with Gasteiger partial charge in [0.15, 0.2) is 0 Å². The van der Waals surface area contributed by atoms with Crippen LogP contribution in [0.3, 0.4) is 0 Å². The number of rotatable bonds is 1. The molecule has 7 heteroatoms. The molecule has 2 rings (SSSR count). The number of nitrogens with zero attached hydrogens (tertiary/aromatic N) is 1. The molecular weight excluding hydrogens is 316 g/mol. The number of nitriles is 1. The Hall–Kier alpha value is -1.81. The van der Waals surface area contributed by atoms with Gasteiger partial charge in [0.2, 0.25) is 0 Å². The summed E-state index contributed by atoms with van der Waals surface area (Å²) in [6, 6.07) is 2.25. The van der Waals surface area contributed by atoms with E-state index >= 15 is 0 Å². The van der Waals surface area contributed by atoms with Gasteiger partial charge in [0.05, 0.1) is 15.8 Å². The summed E-state index contributed by atoms with van der Waals surface area (Å²) in [5.74, 6) is -1.52. The highest BCUT2D eigenvalue weighted by molar-refractivity contribution is 7.23. The van der Waals surface area contributed by atoms with Crippen LogP contribution in [0.4, 0.5) is 22.6 Å². The molecule has 2 nitrogen and oxygen atoms in total. The fourth-order valence-electron chi connectivity index (χ4n) is 2.22. The fourth-order valence-corrected chi connectivity index (χ4v) is 3.16. The van der Waals surface area contributed by atoms with Crippen molar-refractivity contribution in [1.29, 1.82) is 5.26 Å². The summed E-state index contributed by atoms with van der Waals surface area (Å²) in [5, 5.41) is 9.08. The van der Waals surface area contributed by atoms with Crippen molar-refractivity contribution in [2.75, 3.05) is 5.73 Å². The largest absolute Gasteiger partial charge is 0.416 e. The molecule has 0 aliphatic carbocycles. The lowest BCUT2D eigenvalue weighted by Gasteiger charge is -2.17. The molecule has 0 atom stereocenters. The van der Waals surface area contributed by atoms with E-state index in [4.69, 9.17) is 11.0 Å². The first-order valence-electron chi connectivity index (χ1n) is 6.70. The Morgan fingerprint density at radius 3 is 2.23 bits per heavy atom. The molecule has 2 N–H and O–H groups in total. The molecule has 0 saturated carbocycles. The van der Waals surface area contributed by atoms with Crippen molar-refractivity contribution in [2.24, 2.45) is 0 Å². The highest BCUT2D eigenvalue weighted by atomic mass is 32.1. The number of halogens is 4. The van der Waals surface area contributed by atoms with Crippen molar-refractivity contribution in [3.8, 4) is 6.07 Å². The molecule has 0 unspecified atom stereocenters. The second-order valence-electron chi connectivity index (χ2n) is 4.63. The number of nitrogen functional groups attached to an aromatic ring is 1. The molecular formula is C15H16F4N2S. The number of alkyl halides is 3. The average molecular weight is 332 g/mol. The maximum atomic E-state index is 13.9. The molecule has 0 aliphatic heterocycles. The van der Waals surface area contributed by atoms with Crippen molar-refractivity contribution in [3.63, 3.8) is 0 Å². The third-order valence-corrected chi connectivity index (χ3v) is 4.00. The van der Waals surface area contributed by atoms with E-state index in [-0.39, 0.29) is 26.2 Å². The van der Waals surface area contributed by atoms with Crippen LogP contribution < -0.4 is 5.73 Å². The van der Waals surface area contributed by atoms with Gasteiger partial charge in [-0.05, 0) is 17.5 Å². The summed E-state index contributed by atoms with van der Waals surface area (Å²) in [6.45, 7) is 7.13. The Kier molecular flexibility index (Phi) is 5.41. The number of nitrogens with two attached hydrogens (primary N) is 1. The zero-order valence-corrected chi connectivity index (χ0v) is 13.4. The average Bonchev–Trinajstić information content (AvgIpc) is 2.76. The quantitative estimate of drug-likeness (QED) is 0.685. The van der Waals surface area contributed by atoms with E-state index in [0.717, 1.165) is 11.3 Å². The number of hydrogen-bond donors (Lipinski definition) is 1. The predicted octanol–water partition coefficient (Wildman–Crippen LogP) is 5.66. The molecule has 0 radical (unpaired) electrons. The Balaban J connectivity index is 0.00000116. The molecule has 0 amide bonds. The van der Waals surface area contributed by atoms with Crippen LogP contribution in [0.15, 0.2) is 6.07 Å². The molecule has 0 fully saturated rings. The standard InChI is InChI=1S/C13H10F4N2S.C2H6/c1-5(2)9-7(13(15,16)17)3-8(14)11-10(9)6(4-18)12(19)20-11;1-2/h3,5H,19H2,1-2H3;1-2H3. The maximum absolute atomic E-state index is 13.9. The van der Waals surface area contributed by atoms with E-state index in [1.165, 1.54) is 0 Å². The number of anilines is 1. The van der Waals surface area contributed by atoms with E-state index < -0.39 is 23.5 Å². The summed E-state index contributed by atoms with van der Waals surface area (Å²) in [6.07, 6.45) is -4.68. The third kappa shape index (κ3) is 3.02. The van der Waals surface area contributed by atoms with E-state index in [0.29, 0.717) is 6.07 Å². The SMILES string of the molecule is CC.CC(C)c1c(C(F)(F)F)cc(F)c2sc(N)c(C#N)c12. The minimum atomic E-state index is -4.68. The van der Waals surface area contributed by atoms with Gasteiger partial charge in [0.25, 0.3) is 0 Å². The second kappa shape index (κ2) is 6.53. The van der Waals surface area contributed by atoms with Crippen LogP contribution >= 0.6 is 11.3 Å². The van der Waals surface area contributed by atoms with Crippen LogP contribution in [0, 0.1) is 17.1 Å². The maximum Gasteiger partial charge on any atom is 0.416 e. The number of fused-ring (bicyclic) bond motifs is 1. The van der Waals surface area contributed by atoms with Crippen LogP contribution in [0.5, 0.6) is 0 Å². The molecule has 22 heavy (non-hydrogen) atoms. The monoisotopic (exact) mass is 332 g/mol. The third-order valence-electron chi connectivity index (χ3n) is 2.98. The molecule has 1 aromatic carbocycles. The number of benzene rings is 1. The van der Waals surface area contributed by atoms with E-state index in [9.17, 15) is 17.6 Å². The van der Waals surface area contributed by atoms with Gasteiger partial charge in [0.1, 0.15) is 16.9 Å². The molecule has 2 aromatic rings. The predicted molar refractivity (Wildman–Crippen MR) is 81.3 cm³/mol. The summed E-state index contributed by atoms with van der Waals surface area (Å²) in [4.78, 5) is 0. The van der Waals surface area contributed by atoms with Crippen molar-refractivity contribution in [3.05, 3.63) is 28.6 Å². The summed E-state index contributed by atoms with van der Waals surface area (Å²) < 4.78 is 53.1. The Morgan fingerprint density at radius 2 is 1.82 bits per heavy atom. The van der Waals surface area contributed by atoms with E-state index in [1.54, 1.807) is 19.9 Å². The highest BCUT2D eigenvalue weighted by Gasteiger charge is 2.37. The van der Waals surface area contributed by atoms with Crippen molar-refractivity contribution < 1.29 is 17.6 Å². The molecule has 0 saturated heterocycles. The molecule has 0 bridgehead atoms. The van der Waals surface area contributed by atoms with Gasteiger partial charge < -0.3 is 5.73 Å². The lowest BCUT2D eigenvalue weighted by Crippen LogP contribution is -2.11. The zero-order chi connectivity index (χ0) is 17.2. The first kappa shape index (κ1) is 18.2. The first-order chi connectivity index (χ1) is 10.2. The van der Waals surface area contributed by atoms with Gasteiger partial charge in [-0.2, -0.15) is 18.4 Å². The van der Waals surface area contributed by atoms with Gasteiger partial charge >= 0.3 is 6.18 Å². The van der Waals surface area contributed by atoms with Gasteiger partial charge in [0, 0.05) is 5.39 Å². The summed E-state index contributed by atoms with van der Waals surface area (Å²) >= 11 is 0.794. The Morgan fingerprint density at radius 1 is 1.27 bits per heavy atom. The Bertz CT molecular complexity index is 724. The lowest BCUT2D eigenvalue weighted by atomic mass is 9.91. The zero-order valence-electron chi connectivity index (χ0n) is 12.6. The van der Waals surface area contributed by atoms with Gasteiger partial charge in [-0.3, -0.25) is 0 Å². The van der Waals surface area contributed by atoms with Crippen LogP contribution in [-0.4, -0.2) is 0 Å². The lowest BCUT2D eigenvalue weighted by molar-refractivity contribution is -0.138. The molecule has 0 aliphatic rings. The van der Waals surface area contributed by atoms with Crippen LogP contribution in [0.2, 0.25) is 0 Å². The number of thiophene rings is 1. The van der Waals surface area contributed by atoms with Crippen LogP contribution in [0.25, 0.3) is 10.1 Å². The van der Waals surface area contributed by atoms with Crippen molar-refractivity contribution >= 4 is 26.4 Å². The minimum absolute atomic E-state index is 0.00394. The van der Waals surface area contributed by atoms with Gasteiger partial charge in [-0.15, -0.1) is 11.3 Å². The molecule has 120 valence electrons. The highest BCUT2D eigenvalue weighted by Crippen LogP contribution is 2.45. The molecule has 1 aromatic heterocycles. The molecule has 0 spiro atoms. The smallest absolute Gasteiger partial charge is 0.389 e. The topological polar surface area (TPSA) is 49.8 Å². The van der Waals surface area contributed by atoms with E-state index in [1.807, 2.05) is 13.8 Å². The Labute approximate surface area is 130 Å². The summed E-state index contributed by atoms with van der Waals surface area (Å²) in [5.41, 5.74) is 4.39. The minimum Gasteiger partial charge on any atom is -0.389 e. The first-order valence-corrected chi connectivity index (χ1v) is 7.51. The fraction of sp³-hybridized carbons (Fsp3) is 0.400. The van der Waals surface area contributed by atoms with Crippen LogP contribution in [-0.2, 0) is 6.18 Å². The van der Waals surface area contributed by atoms with Crippen molar-refractivity contribution in [2.45, 2.75) is 39.8 Å². The number of hydrogen-bond acceptors (Lipinski definition) is 3. The summed E-state index contributed by atoms with van der Waals surface area (Å²) in [7, 11) is 0. The van der Waals surface area contributed by atoms with Gasteiger partial charge in [-0.25, -0.2) is 4.39 Å². The normalized spacial score (nSPS) is 11.3. The second-order valence-corrected chi connectivity index (χ2v) is 5.68. The van der Waals surface area contributed by atoms with Crippen molar-refractivity contribution in [1.82, 2.24) is 0 Å². The van der Waals surface area contributed by atoms with Gasteiger partial charge in [-0.1, -0.05) is 27.7 Å².